The summed E-state index contributed by atoms with van der Waals surface area (Å²) in [7, 11) is 0. The van der Waals surface area contributed by atoms with Gasteiger partial charge in [0.1, 0.15) is 0 Å². The second-order valence-corrected chi connectivity index (χ2v) is 6.51. The van der Waals surface area contributed by atoms with Crippen molar-refractivity contribution < 1.29 is 14.3 Å². The van der Waals surface area contributed by atoms with Crippen LogP contribution in [0.3, 0.4) is 0 Å². The highest BCUT2D eigenvalue weighted by Crippen LogP contribution is 2.32. The highest BCUT2D eigenvalue weighted by Gasteiger charge is 2.33. The van der Waals surface area contributed by atoms with Crippen LogP contribution in [0.5, 0.6) is 0 Å². The molecule has 0 unspecified atom stereocenters. The van der Waals surface area contributed by atoms with Crippen molar-refractivity contribution in [3.63, 3.8) is 0 Å². The van der Waals surface area contributed by atoms with E-state index in [9.17, 15) is 9.59 Å². The Bertz CT molecular complexity index is 564. The molecule has 5 nitrogen and oxygen atoms in total. The molecule has 2 atom stereocenters. The maximum atomic E-state index is 12.5. The fourth-order valence-corrected chi connectivity index (χ4v) is 3.33. The molecule has 1 aromatic rings. The first-order valence-electron chi connectivity index (χ1n) is 8.38. The SMILES string of the molecule is Cc1ccc([C@H]2CCCN2C(=O)C(=O)NC[C@H]2CCOC2)cc1. The molecule has 0 bridgehead atoms. The van der Waals surface area contributed by atoms with Crippen LogP contribution in [0.15, 0.2) is 24.3 Å². The number of carbonyl (C=O) groups excluding carboxylic acids is 2. The zero-order valence-electron chi connectivity index (χ0n) is 13.6. The number of amides is 2. The molecule has 0 aliphatic carbocycles. The third kappa shape index (κ3) is 3.72. The fraction of sp³-hybridized carbons (Fsp3) is 0.556. The quantitative estimate of drug-likeness (QED) is 0.865. The van der Waals surface area contributed by atoms with Gasteiger partial charge in [-0.2, -0.15) is 0 Å². The van der Waals surface area contributed by atoms with E-state index in [2.05, 4.69) is 29.6 Å². The number of hydrogen-bond donors (Lipinski definition) is 1. The lowest BCUT2D eigenvalue weighted by Gasteiger charge is -2.24. The first-order chi connectivity index (χ1) is 11.1. The van der Waals surface area contributed by atoms with Gasteiger partial charge in [-0.3, -0.25) is 9.59 Å². The Kier molecular flexibility index (Phi) is 4.96. The van der Waals surface area contributed by atoms with E-state index in [1.165, 1.54) is 5.56 Å². The summed E-state index contributed by atoms with van der Waals surface area (Å²) in [5.41, 5.74) is 2.31. The van der Waals surface area contributed by atoms with Crippen molar-refractivity contribution in [2.75, 3.05) is 26.3 Å². The van der Waals surface area contributed by atoms with Crippen molar-refractivity contribution in [3.05, 3.63) is 35.4 Å². The molecule has 3 rings (SSSR count). The predicted molar refractivity (Wildman–Crippen MR) is 86.8 cm³/mol. The van der Waals surface area contributed by atoms with Gasteiger partial charge in [0.25, 0.3) is 0 Å². The average Bonchev–Trinajstić information content (AvgIpc) is 3.24. The summed E-state index contributed by atoms with van der Waals surface area (Å²) in [5.74, 6) is -0.568. The Labute approximate surface area is 137 Å². The smallest absolute Gasteiger partial charge is 0.312 e. The van der Waals surface area contributed by atoms with Crippen molar-refractivity contribution in [1.29, 1.82) is 0 Å². The molecule has 2 amide bonds. The summed E-state index contributed by atoms with van der Waals surface area (Å²) in [5, 5.41) is 2.77. The average molecular weight is 316 g/mol. The largest absolute Gasteiger partial charge is 0.381 e. The van der Waals surface area contributed by atoms with Gasteiger partial charge in [-0.05, 0) is 31.7 Å². The second-order valence-electron chi connectivity index (χ2n) is 6.51. The minimum absolute atomic E-state index is 0.0173. The first kappa shape index (κ1) is 16.0. The van der Waals surface area contributed by atoms with Crippen LogP contribution in [0.2, 0.25) is 0 Å². The summed E-state index contributed by atoms with van der Waals surface area (Å²) in [4.78, 5) is 26.4. The molecule has 5 heteroatoms. The van der Waals surface area contributed by atoms with Crippen molar-refractivity contribution >= 4 is 11.8 Å². The van der Waals surface area contributed by atoms with Crippen LogP contribution in [0.4, 0.5) is 0 Å². The van der Waals surface area contributed by atoms with Crippen LogP contribution in [0.25, 0.3) is 0 Å². The molecule has 0 aromatic heterocycles. The number of ether oxygens (including phenoxy) is 1. The zero-order chi connectivity index (χ0) is 16.2. The Hall–Kier alpha value is -1.88. The molecule has 23 heavy (non-hydrogen) atoms. The summed E-state index contributed by atoms with van der Waals surface area (Å²) in [6, 6.07) is 8.23. The Morgan fingerprint density at radius 1 is 1.26 bits per heavy atom. The van der Waals surface area contributed by atoms with Crippen molar-refractivity contribution in [3.8, 4) is 0 Å². The van der Waals surface area contributed by atoms with Gasteiger partial charge in [0.2, 0.25) is 0 Å². The van der Waals surface area contributed by atoms with Gasteiger partial charge in [0.15, 0.2) is 0 Å². The van der Waals surface area contributed by atoms with Crippen LogP contribution in [0, 0.1) is 12.8 Å². The van der Waals surface area contributed by atoms with E-state index < -0.39 is 11.8 Å². The highest BCUT2D eigenvalue weighted by molar-refractivity contribution is 6.35. The first-order valence-corrected chi connectivity index (χ1v) is 8.38. The van der Waals surface area contributed by atoms with Gasteiger partial charge in [-0.15, -0.1) is 0 Å². The number of nitrogens with zero attached hydrogens (tertiary/aromatic N) is 1. The molecule has 0 radical (unpaired) electrons. The van der Waals surface area contributed by atoms with Crippen molar-refractivity contribution in [2.45, 2.75) is 32.2 Å². The summed E-state index contributed by atoms with van der Waals surface area (Å²) < 4.78 is 5.29. The van der Waals surface area contributed by atoms with E-state index in [1.807, 2.05) is 6.92 Å². The fourth-order valence-electron chi connectivity index (χ4n) is 3.33. The summed E-state index contributed by atoms with van der Waals surface area (Å²) >= 11 is 0. The lowest BCUT2D eigenvalue weighted by atomic mass is 10.0. The third-order valence-corrected chi connectivity index (χ3v) is 4.75. The molecule has 2 saturated heterocycles. The van der Waals surface area contributed by atoms with Gasteiger partial charge in [0, 0.05) is 25.6 Å². The minimum atomic E-state index is -0.490. The lowest BCUT2D eigenvalue weighted by molar-refractivity contribution is -0.146. The van der Waals surface area contributed by atoms with Gasteiger partial charge >= 0.3 is 11.8 Å². The maximum absolute atomic E-state index is 12.5. The second kappa shape index (κ2) is 7.13. The molecule has 2 heterocycles. The molecule has 1 aromatic carbocycles. The monoisotopic (exact) mass is 316 g/mol. The minimum Gasteiger partial charge on any atom is -0.381 e. The number of carbonyl (C=O) groups is 2. The number of hydrogen-bond acceptors (Lipinski definition) is 3. The standard InChI is InChI=1S/C18H24N2O3/c1-13-4-6-15(7-5-13)16-3-2-9-20(16)18(22)17(21)19-11-14-8-10-23-12-14/h4-7,14,16H,2-3,8-12H2,1H3,(H,19,21)/t14-,16-/m1/s1. The number of likely N-dealkylation sites (tertiary alicyclic amines) is 1. The van der Waals surface area contributed by atoms with E-state index in [-0.39, 0.29) is 6.04 Å². The third-order valence-electron chi connectivity index (χ3n) is 4.75. The molecule has 2 aliphatic heterocycles. The zero-order valence-corrected chi connectivity index (χ0v) is 13.6. The van der Waals surface area contributed by atoms with E-state index in [0.717, 1.165) is 31.4 Å². The lowest BCUT2D eigenvalue weighted by Crippen LogP contribution is -2.44. The molecule has 0 saturated carbocycles. The molecular weight excluding hydrogens is 292 g/mol. The Morgan fingerprint density at radius 2 is 2.04 bits per heavy atom. The highest BCUT2D eigenvalue weighted by atomic mass is 16.5. The molecule has 2 fully saturated rings. The van der Waals surface area contributed by atoms with Crippen LogP contribution < -0.4 is 5.32 Å². The summed E-state index contributed by atoms with van der Waals surface area (Å²) in [6.45, 7) is 4.63. The Morgan fingerprint density at radius 3 is 2.74 bits per heavy atom. The molecular formula is C18H24N2O3. The number of rotatable bonds is 3. The van der Waals surface area contributed by atoms with E-state index in [0.29, 0.717) is 25.6 Å². The van der Waals surface area contributed by atoms with Crippen LogP contribution in [-0.4, -0.2) is 43.0 Å². The van der Waals surface area contributed by atoms with E-state index >= 15 is 0 Å². The van der Waals surface area contributed by atoms with Crippen LogP contribution in [-0.2, 0) is 14.3 Å². The number of nitrogens with one attached hydrogen (secondary N) is 1. The van der Waals surface area contributed by atoms with Gasteiger partial charge in [-0.1, -0.05) is 29.8 Å². The van der Waals surface area contributed by atoms with Crippen LogP contribution >= 0.6 is 0 Å². The molecule has 124 valence electrons. The maximum Gasteiger partial charge on any atom is 0.312 e. The van der Waals surface area contributed by atoms with Gasteiger partial charge < -0.3 is 15.0 Å². The molecule has 1 N–H and O–H groups in total. The van der Waals surface area contributed by atoms with Crippen molar-refractivity contribution in [1.82, 2.24) is 10.2 Å². The van der Waals surface area contributed by atoms with E-state index in [4.69, 9.17) is 4.74 Å². The van der Waals surface area contributed by atoms with Gasteiger partial charge in [0.05, 0.1) is 12.6 Å². The topological polar surface area (TPSA) is 58.6 Å². The normalized spacial score (nSPS) is 24.0. The van der Waals surface area contributed by atoms with Gasteiger partial charge in [-0.25, -0.2) is 0 Å². The predicted octanol–water partition coefficient (Wildman–Crippen LogP) is 1.81. The van der Waals surface area contributed by atoms with E-state index in [1.54, 1.807) is 4.90 Å². The molecule has 0 spiro atoms. The van der Waals surface area contributed by atoms with Crippen molar-refractivity contribution in [2.24, 2.45) is 5.92 Å². The Balaban J connectivity index is 1.60. The summed E-state index contributed by atoms with van der Waals surface area (Å²) in [6.07, 6.45) is 2.80. The number of aryl methyl sites for hydroxylation is 1. The number of benzene rings is 1. The molecule has 2 aliphatic rings. The van der Waals surface area contributed by atoms with Crippen LogP contribution in [0.1, 0.15) is 36.4 Å².